The molecule has 1 aliphatic heterocycles. The van der Waals surface area contributed by atoms with Gasteiger partial charge >= 0.3 is 0 Å². The number of benzene rings is 3. The van der Waals surface area contributed by atoms with Crippen LogP contribution in [0.2, 0.25) is 0 Å². The van der Waals surface area contributed by atoms with Crippen LogP contribution in [-0.4, -0.2) is 5.78 Å². The minimum Gasteiger partial charge on any atom is -0.358 e. The first-order valence-electron chi connectivity index (χ1n) is 9.03. The number of hydrogen-bond donors (Lipinski definition) is 1. The number of carbonyl (C=O) groups is 1. The van der Waals surface area contributed by atoms with Gasteiger partial charge in [0.2, 0.25) is 0 Å². The van der Waals surface area contributed by atoms with Crippen molar-refractivity contribution in [1.29, 1.82) is 0 Å². The second-order valence-corrected chi connectivity index (χ2v) is 7.03. The van der Waals surface area contributed by atoms with Crippen LogP contribution in [-0.2, 0) is 4.79 Å². The van der Waals surface area contributed by atoms with E-state index in [0.717, 1.165) is 51.7 Å². The van der Waals surface area contributed by atoms with Crippen LogP contribution in [0.25, 0.3) is 10.8 Å². The third-order valence-electron chi connectivity index (χ3n) is 5.49. The Bertz CT molecular complexity index is 1070. The van der Waals surface area contributed by atoms with Crippen molar-refractivity contribution in [2.45, 2.75) is 25.2 Å². The summed E-state index contributed by atoms with van der Waals surface area (Å²) >= 11 is 0. The molecule has 0 bridgehead atoms. The lowest BCUT2D eigenvalue weighted by molar-refractivity contribution is -0.116. The first kappa shape index (κ1) is 15.3. The number of fused-ring (bicyclic) bond motifs is 3. The average Bonchev–Trinajstić information content (AvgIpc) is 2.67. The van der Waals surface area contributed by atoms with Gasteiger partial charge in [0.15, 0.2) is 5.78 Å². The van der Waals surface area contributed by atoms with Gasteiger partial charge in [0, 0.05) is 29.3 Å². The maximum atomic E-state index is 13.5. The summed E-state index contributed by atoms with van der Waals surface area (Å²) in [6.07, 6.45) is 2.34. The maximum absolute atomic E-state index is 13.5. The molecule has 128 valence electrons. The molecule has 1 aliphatic carbocycles. The van der Waals surface area contributed by atoms with E-state index in [9.17, 15) is 9.18 Å². The molecule has 0 saturated heterocycles. The summed E-state index contributed by atoms with van der Waals surface area (Å²) in [4.78, 5) is 12.9. The van der Waals surface area contributed by atoms with Gasteiger partial charge in [-0.05, 0) is 52.9 Å². The molecule has 0 saturated carbocycles. The number of hydrogen-bond acceptors (Lipinski definition) is 2. The molecule has 1 atom stereocenters. The molecule has 3 aromatic carbocycles. The molecule has 0 aromatic heterocycles. The normalized spacial score (nSPS) is 19.1. The Morgan fingerprint density at radius 3 is 2.58 bits per heavy atom. The predicted molar refractivity (Wildman–Crippen MR) is 102 cm³/mol. The molecule has 3 heteroatoms. The third kappa shape index (κ3) is 2.27. The SMILES string of the molecule is O=C1CCCC2=C1[C@H](c1ccc(F)cc1)c1c(ccc3ccccc13)N2. The van der Waals surface area contributed by atoms with Crippen molar-refractivity contribution in [3.05, 3.63) is 88.9 Å². The molecule has 26 heavy (non-hydrogen) atoms. The second kappa shape index (κ2) is 5.80. The number of rotatable bonds is 1. The van der Waals surface area contributed by atoms with E-state index < -0.39 is 0 Å². The third-order valence-corrected chi connectivity index (χ3v) is 5.49. The van der Waals surface area contributed by atoms with E-state index in [2.05, 4.69) is 29.6 Å². The lowest BCUT2D eigenvalue weighted by Gasteiger charge is -2.35. The van der Waals surface area contributed by atoms with Crippen molar-refractivity contribution >= 4 is 22.2 Å². The first-order chi connectivity index (χ1) is 12.7. The highest BCUT2D eigenvalue weighted by atomic mass is 19.1. The fraction of sp³-hybridized carbons (Fsp3) is 0.174. The van der Waals surface area contributed by atoms with Gasteiger partial charge in [0.1, 0.15) is 5.82 Å². The van der Waals surface area contributed by atoms with Crippen molar-refractivity contribution < 1.29 is 9.18 Å². The Kier molecular flexibility index (Phi) is 3.42. The molecule has 3 aromatic rings. The molecular weight excluding hydrogens is 325 g/mol. The quantitative estimate of drug-likeness (QED) is 0.628. The Morgan fingerprint density at radius 1 is 0.923 bits per heavy atom. The van der Waals surface area contributed by atoms with Crippen molar-refractivity contribution in [3.63, 3.8) is 0 Å². The van der Waals surface area contributed by atoms with Crippen molar-refractivity contribution in [3.8, 4) is 0 Å². The van der Waals surface area contributed by atoms with Crippen LogP contribution in [0.1, 0.15) is 36.3 Å². The standard InChI is InChI=1S/C23H18FNO/c24-16-11-8-15(9-12-16)21-22-17-5-2-1-4-14(17)10-13-19(22)25-18-6-3-7-20(26)23(18)21/h1-2,4-5,8-13,21,25H,3,6-7H2/t21-/m1/s1. The summed E-state index contributed by atoms with van der Waals surface area (Å²) in [5, 5.41) is 5.80. The maximum Gasteiger partial charge on any atom is 0.161 e. The number of allylic oxidation sites excluding steroid dienone is 2. The van der Waals surface area contributed by atoms with E-state index in [1.165, 1.54) is 12.1 Å². The molecule has 1 heterocycles. The molecule has 0 fully saturated rings. The average molecular weight is 343 g/mol. The van der Waals surface area contributed by atoms with Gasteiger partial charge in [-0.2, -0.15) is 0 Å². The minimum atomic E-state index is -0.259. The number of Topliss-reactive ketones (excluding diaryl/α,β-unsaturated/α-hetero) is 1. The van der Waals surface area contributed by atoms with E-state index in [4.69, 9.17) is 0 Å². The first-order valence-corrected chi connectivity index (χ1v) is 9.03. The molecule has 0 spiro atoms. The number of ketones is 1. The van der Waals surface area contributed by atoms with Gasteiger partial charge in [-0.25, -0.2) is 4.39 Å². The molecular formula is C23H18FNO. The van der Waals surface area contributed by atoms with E-state index in [1.807, 2.05) is 24.3 Å². The number of carbonyl (C=O) groups excluding carboxylic acids is 1. The van der Waals surface area contributed by atoms with Gasteiger partial charge in [0.25, 0.3) is 0 Å². The van der Waals surface area contributed by atoms with Gasteiger partial charge in [-0.15, -0.1) is 0 Å². The fourth-order valence-corrected chi connectivity index (χ4v) is 4.34. The van der Waals surface area contributed by atoms with Crippen LogP contribution in [0, 0.1) is 5.82 Å². The summed E-state index contributed by atoms with van der Waals surface area (Å²) in [5.74, 6) is -0.211. The summed E-state index contributed by atoms with van der Waals surface area (Å²) < 4.78 is 13.5. The summed E-state index contributed by atoms with van der Waals surface area (Å²) in [6, 6.07) is 19.0. The second-order valence-electron chi connectivity index (χ2n) is 7.03. The summed E-state index contributed by atoms with van der Waals surface area (Å²) in [6.45, 7) is 0. The topological polar surface area (TPSA) is 29.1 Å². The molecule has 2 nitrogen and oxygen atoms in total. The molecule has 2 aliphatic rings. The molecule has 0 radical (unpaired) electrons. The van der Waals surface area contributed by atoms with Crippen molar-refractivity contribution in [2.75, 3.05) is 5.32 Å². The van der Waals surface area contributed by atoms with Crippen molar-refractivity contribution in [2.24, 2.45) is 0 Å². The molecule has 0 unspecified atom stereocenters. The lowest BCUT2D eigenvalue weighted by Crippen LogP contribution is -2.27. The highest BCUT2D eigenvalue weighted by Crippen LogP contribution is 2.47. The Hall–Kier alpha value is -2.94. The predicted octanol–water partition coefficient (Wildman–Crippen LogP) is 5.54. The van der Waals surface area contributed by atoms with E-state index >= 15 is 0 Å². The zero-order valence-corrected chi connectivity index (χ0v) is 14.3. The molecule has 1 N–H and O–H groups in total. The summed E-state index contributed by atoms with van der Waals surface area (Å²) in [5.41, 5.74) is 5.01. The van der Waals surface area contributed by atoms with Gasteiger partial charge in [-0.1, -0.05) is 42.5 Å². The lowest BCUT2D eigenvalue weighted by atomic mass is 9.74. The van der Waals surface area contributed by atoms with E-state index in [1.54, 1.807) is 0 Å². The van der Waals surface area contributed by atoms with Crippen LogP contribution < -0.4 is 5.32 Å². The number of halogens is 1. The zero-order chi connectivity index (χ0) is 17.7. The van der Waals surface area contributed by atoms with Crippen LogP contribution in [0.3, 0.4) is 0 Å². The van der Waals surface area contributed by atoms with Gasteiger partial charge in [0.05, 0.1) is 0 Å². The van der Waals surface area contributed by atoms with Gasteiger partial charge < -0.3 is 5.32 Å². The minimum absolute atomic E-state index is 0.152. The van der Waals surface area contributed by atoms with E-state index in [-0.39, 0.29) is 17.5 Å². The highest BCUT2D eigenvalue weighted by molar-refractivity contribution is 6.04. The fourth-order valence-electron chi connectivity index (χ4n) is 4.34. The number of nitrogens with one attached hydrogen (secondary N) is 1. The highest BCUT2D eigenvalue weighted by Gasteiger charge is 2.35. The van der Waals surface area contributed by atoms with Crippen LogP contribution >= 0.6 is 0 Å². The van der Waals surface area contributed by atoms with Crippen LogP contribution in [0.4, 0.5) is 10.1 Å². The van der Waals surface area contributed by atoms with E-state index in [0.29, 0.717) is 6.42 Å². The summed E-state index contributed by atoms with van der Waals surface area (Å²) in [7, 11) is 0. The van der Waals surface area contributed by atoms with Crippen LogP contribution in [0.5, 0.6) is 0 Å². The Morgan fingerprint density at radius 2 is 1.73 bits per heavy atom. The Balaban J connectivity index is 1.83. The zero-order valence-electron chi connectivity index (χ0n) is 14.3. The van der Waals surface area contributed by atoms with Crippen LogP contribution in [0.15, 0.2) is 71.9 Å². The Labute approximate surface area is 151 Å². The number of anilines is 1. The van der Waals surface area contributed by atoms with Crippen molar-refractivity contribution in [1.82, 2.24) is 0 Å². The largest absolute Gasteiger partial charge is 0.358 e. The monoisotopic (exact) mass is 343 g/mol. The molecule has 5 rings (SSSR count). The smallest absolute Gasteiger partial charge is 0.161 e. The van der Waals surface area contributed by atoms with Gasteiger partial charge in [-0.3, -0.25) is 4.79 Å². The molecule has 0 amide bonds.